The minimum atomic E-state index is 1.24. The normalized spacial score (nSPS) is 11.6. The van der Waals surface area contributed by atoms with Gasteiger partial charge < -0.3 is 0 Å². The van der Waals surface area contributed by atoms with Gasteiger partial charge >= 0.3 is 0 Å². The third-order valence-corrected chi connectivity index (χ3v) is 9.22. The summed E-state index contributed by atoms with van der Waals surface area (Å²) in [7, 11) is 0. The van der Waals surface area contributed by atoms with Crippen LogP contribution in [0.4, 0.5) is 0 Å². The van der Waals surface area contributed by atoms with Crippen molar-refractivity contribution in [3.05, 3.63) is 170 Å². The first-order valence-corrected chi connectivity index (χ1v) is 15.3. The number of rotatable bonds is 3. The molecule has 44 heavy (non-hydrogen) atoms. The molecule has 0 saturated carbocycles. The topological polar surface area (TPSA) is 0 Å². The summed E-state index contributed by atoms with van der Waals surface area (Å²) in [6.07, 6.45) is 0. The summed E-state index contributed by atoms with van der Waals surface area (Å²) in [5.74, 6) is 0. The van der Waals surface area contributed by atoms with Crippen LogP contribution < -0.4 is 0 Å². The first-order valence-electron chi connectivity index (χ1n) is 15.3. The predicted molar refractivity (Wildman–Crippen MR) is 190 cm³/mol. The van der Waals surface area contributed by atoms with E-state index in [-0.39, 0.29) is 0 Å². The molecule has 0 aliphatic carbocycles. The first kappa shape index (κ1) is 24.8. The fourth-order valence-corrected chi connectivity index (χ4v) is 7.22. The number of fused-ring (bicyclic) bond motifs is 5. The Labute approximate surface area is 256 Å². The van der Waals surface area contributed by atoms with E-state index in [4.69, 9.17) is 0 Å². The van der Waals surface area contributed by atoms with Crippen molar-refractivity contribution in [2.75, 3.05) is 0 Å². The molecular weight excluding hydrogens is 528 g/mol. The van der Waals surface area contributed by atoms with E-state index in [1.165, 1.54) is 87.2 Å². The molecule has 0 N–H and O–H groups in total. The van der Waals surface area contributed by atoms with Crippen molar-refractivity contribution in [1.29, 1.82) is 0 Å². The van der Waals surface area contributed by atoms with Crippen LogP contribution in [0.1, 0.15) is 0 Å². The molecule has 0 saturated heterocycles. The molecule has 0 fully saturated rings. The van der Waals surface area contributed by atoms with Crippen LogP contribution in [-0.2, 0) is 0 Å². The van der Waals surface area contributed by atoms with Crippen molar-refractivity contribution >= 4 is 53.9 Å². The average molecular weight is 557 g/mol. The Morgan fingerprint density at radius 2 is 0.727 bits per heavy atom. The highest BCUT2D eigenvalue weighted by Crippen LogP contribution is 2.46. The molecule has 0 radical (unpaired) electrons. The third kappa shape index (κ3) is 3.85. The Morgan fingerprint density at radius 1 is 0.250 bits per heavy atom. The zero-order valence-corrected chi connectivity index (χ0v) is 24.2. The molecule has 0 amide bonds. The smallest absolute Gasteiger partial charge is 0.00201 e. The van der Waals surface area contributed by atoms with Crippen molar-refractivity contribution in [1.82, 2.24) is 0 Å². The summed E-state index contributed by atoms with van der Waals surface area (Å²) in [5, 5.41) is 12.7. The van der Waals surface area contributed by atoms with Gasteiger partial charge in [0.05, 0.1) is 0 Å². The second-order valence-corrected chi connectivity index (χ2v) is 11.7. The zero-order valence-electron chi connectivity index (χ0n) is 24.2. The van der Waals surface area contributed by atoms with Gasteiger partial charge in [0.25, 0.3) is 0 Å². The first-order chi connectivity index (χ1) is 21.8. The fraction of sp³-hybridized carbons (Fsp3) is 0. The Balaban J connectivity index is 1.45. The standard InChI is InChI=1S/C44H28/c1-2-14-32-27-34(26-25-29(32)11-1)44-41-24-10-22-39(37-20-7-15-30-12-3-5-18-35(30)37)42(41)28-33-17-9-23-40(43(33)44)38-21-8-16-31-13-4-6-19-36(31)38/h1-28H. The second kappa shape index (κ2) is 9.93. The van der Waals surface area contributed by atoms with Crippen molar-refractivity contribution in [2.45, 2.75) is 0 Å². The highest BCUT2D eigenvalue weighted by atomic mass is 14.2. The molecule has 0 heterocycles. The zero-order chi connectivity index (χ0) is 29.0. The van der Waals surface area contributed by atoms with Crippen LogP contribution in [-0.4, -0.2) is 0 Å². The maximum Gasteiger partial charge on any atom is -0.00201 e. The maximum absolute atomic E-state index is 2.42. The van der Waals surface area contributed by atoms with Crippen LogP contribution >= 0.6 is 0 Å². The molecular formula is C44H28. The molecule has 9 aromatic carbocycles. The van der Waals surface area contributed by atoms with E-state index in [1.807, 2.05) is 0 Å². The molecule has 0 aliphatic rings. The lowest BCUT2D eigenvalue weighted by Crippen LogP contribution is -1.92. The van der Waals surface area contributed by atoms with Gasteiger partial charge in [-0.15, -0.1) is 0 Å². The van der Waals surface area contributed by atoms with Gasteiger partial charge in [0.1, 0.15) is 0 Å². The van der Waals surface area contributed by atoms with E-state index >= 15 is 0 Å². The molecule has 9 rings (SSSR count). The van der Waals surface area contributed by atoms with Crippen molar-refractivity contribution in [2.24, 2.45) is 0 Å². The Morgan fingerprint density at radius 3 is 1.43 bits per heavy atom. The second-order valence-electron chi connectivity index (χ2n) is 11.7. The summed E-state index contributed by atoms with van der Waals surface area (Å²) in [6.45, 7) is 0. The molecule has 9 aromatic rings. The Bertz CT molecular complexity index is 2540. The van der Waals surface area contributed by atoms with E-state index in [1.54, 1.807) is 0 Å². The van der Waals surface area contributed by atoms with E-state index < -0.39 is 0 Å². The molecule has 0 unspecified atom stereocenters. The number of hydrogen-bond acceptors (Lipinski definition) is 0. The van der Waals surface area contributed by atoms with Gasteiger partial charge in [0.2, 0.25) is 0 Å². The lowest BCUT2D eigenvalue weighted by atomic mass is 9.84. The van der Waals surface area contributed by atoms with Gasteiger partial charge in [-0.3, -0.25) is 0 Å². The highest BCUT2D eigenvalue weighted by Gasteiger charge is 2.18. The summed E-state index contributed by atoms with van der Waals surface area (Å²) in [5.41, 5.74) is 7.58. The van der Waals surface area contributed by atoms with Crippen LogP contribution in [0.2, 0.25) is 0 Å². The number of hydrogen-bond donors (Lipinski definition) is 0. The van der Waals surface area contributed by atoms with Crippen LogP contribution in [0.5, 0.6) is 0 Å². The molecule has 0 atom stereocenters. The van der Waals surface area contributed by atoms with Crippen molar-refractivity contribution in [3.8, 4) is 33.4 Å². The lowest BCUT2D eigenvalue weighted by Gasteiger charge is -2.19. The third-order valence-electron chi connectivity index (χ3n) is 9.22. The molecule has 0 spiro atoms. The SMILES string of the molecule is c1ccc2cc(-c3c4cccc(-c5cccc6ccccc56)c4cc4cccc(-c5cccc6ccccc56)c34)ccc2c1. The lowest BCUT2D eigenvalue weighted by molar-refractivity contribution is 1.66. The Kier molecular flexibility index (Phi) is 5.61. The van der Waals surface area contributed by atoms with Gasteiger partial charge in [0.15, 0.2) is 0 Å². The van der Waals surface area contributed by atoms with E-state index in [0.717, 1.165) is 0 Å². The predicted octanol–water partition coefficient (Wildman–Crippen LogP) is 12.5. The fourth-order valence-electron chi connectivity index (χ4n) is 7.22. The maximum atomic E-state index is 2.42. The minimum Gasteiger partial charge on any atom is -0.0616 e. The molecule has 0 aliphatic heterocycles. The largest absolute Gasteiger partial charge is 0.0616 e. The van der Waals surface area contributed by atoms with Crippen LogP contribution in [0, 0.1) is 0 Å². The highest BCUT2D eigenvalue weighted by molar-refractivity contribution is 6.22. The molecule has 0 bridgehead atoms. The van der Waals surface area contributed by atoms with E-state index in [2.05, 4.69) is 170 Å². The summed E-state index contributed by atoms with van der Waals surface area (Å²) in [4.78, 5) is 0. The van der Waals surface area contributed by atoms with Crippen LogP contribution in [0.15, 0.2) is 170 Å². The minimum absolute atomic E-state index is 1.24. The van der Waals surface area contributed by atoms with Crippen LogP contribution in [0.3, 0.4) is 0 Å². The average Bonchev–Trinajstić information content (AvgIpc) is 3.09. The quantitative estimate of drug-likeness (QED) is 0.190. The van der Waals surface area contributed by atoms with E-state index in [0.29, 0.717) is 0 Å². The van der Waals surface area contributed by atoms with Crippen molar-refractivity contribution in [3.63, 3.8) is 0 Å². The summed E-state index contributed by atoms with van der Waals surface area (Å²) in [6, 6.07) is 62.4. The molecule has 0 heteroatoms. The van der Waals surface area contributed by atoms with Gasteiger partial charge in [-0.1, -0.05) is 158 Å². The molecule has 204 valence electrons. The van der Waals surface area contributed by atoms with E-state index in [9.17, 15) is 0 Å². The van der Waals surface area contributed by atoms with Gasteiger partial charge in [-0.25, -0.2) is 0 Å². The van der Waals surface area contributed by atoms with Crippen LogP contribution in [0.25, 0.3) is 87.2 Å². The van der Waals surface area contributed by atoms with Crippen molar-refractivity contribution < 1.29 is 0 Å². The van der Waals surface area contributed by atoms with Gasteiger partial charge in [0, 0.05) is 0 Å². The van der Waals surface area contributed by atoms with Gasteiger partial charge in [-0.05, 0) is 99.4 Å². The number of benzene rings is 9. The molecule has 0 aromatic heterocycles. The summed E-state index contributed by atoms with van der Waals surface area (Å²) < 4.78 is 0. The monoisotopic (exact) mass is 556 g/mol. The Hall–Kier alpha value is -5.72. The van der Waals surface area contributed by atoms with Gasteiger partial charge in [-0.2, -0.15) is 0 Å². The molecule has 0 nitrogen and oxygen atoms in total. The summed E-state index contributed by atoms with van der Waals surface area (Å²) >= 11 is 0.